The smallest absolute Gasteiger partial charge is 0.380 e. The summed E-state index contributed by atoms with van der Waals surface area (Å²) < 4.78 is 51.8. The molecule has 1 aromatic rings. The van der Waals surface area contributed by atoms with Crippen molar-refractivity contribution >= 4 is 5.69 Å². The maximum absolute atomic E-state index is 13.7. The fourth-order valence-corrected chi connectivity index (χ4v) is 2.54. The highest BCUT2D eigenvalue weighted by Crippen LogP contribution is 2.38. The van der Waals surface area contributed by atoms with Crippen LogP contribution in [0.3, 0.4) is 0 Å². The molecule has 1 aromatic carbocycles. The van der Waals surface area contributed by atoms with Gasteiger partial charge in [0.15, 0.2) is 0 Å². The fraction of sp³-hybridized carbons (Fsp3) is 0.500. The van der Waals surface area contributed by atoms with E-state index in [-0.39, 0.29) is 24.1 Å². The lowest BCUT2D eigenvalue weighted by atomic mass is 9.85. The summed E-state index contributed by atoms with van der Waals surface area (Å²) >= 11 is 0. The van der Waals surface area contributed by atoms with Gasteiger partial charge in [-0.3, -0.25) is 0 Å². The molecule has 2 unspecified atom stereocenters. The first-order valence-corrected chi connectivity index (χ1v) is 6.43. The third kappa shape index (κ3) is 3.41. The number of rotatable bonds is 2. The fourth-order valence-electron chi connectivity index (χ4n) is 2.54. The number of nitrogens with zero attached hydrogens (tertiary/aromatic N) is 1. The van der Waals surface area contributed by atoms with Gasteiger partial charge in [0.05, 0.1) is 23.2 Å². The highest BCUT2D eigenvalue weighted by molar-refractivity contribution is 5.49. The summed E-state index contributed by atoms with van der Waals surface area (Å²) in [7, 11) is 0. The van der Waals surface area contributed by atoms with Gasteiger partial charge in [-0.25, -0.2) is 4.39 Å². The van der Waals surface area contributed by atoms with Crippen molar-refractivity contribution in [2.45, 2.75) is 37.9 Å². The zero-order valence-corrected chi connectivity index (χ0v) is 10.7. The summed E-state index contributed by atoms with van der Waals surface area (Å²) in [6, 6.07) is 5.33. The van der Waals surface area contributed by atoms with Crippen molar-refractivity contribution in [3.8, 4) is 6.07 Å². The molecule has 0 aromatic heterocycles. The summed E-state index contributed by atoms with van der Waals surface area (Å²) in [4.78, 5) is 0. The molecule has 1 aliphatic rings. The van der Waals surface area contributed by atoms with E-state index in [0.29, 0.717) is 12.8 Å². The Kier molecular flexibility index (Phi) is 4.17. The molecule has 0 heterocycles. The van der Waals surface area contributed by atoms with E-state index < -0.39 is 24.0 Å². The second-order valence-electron chi connectivity index (χ2n) is 5.05. The average molecular weight is 286 g/mol. The summed E-state index contributed by atoms with van der Waals surface area (Å²) in [6.07, 6.45) is -3.03. The summed E-state index contributed by atoms with van der Waals surface area (Å²) in [5.74, 6) is -1.94. The molecule has 0 spiro atoms. The Labute approximate surface area is 114 Å². The molecule has 0 saturated heterocycles. The molecule has 1 N–H and O–H groups in total. The van der Waals surface area contributed by atoms with Crippen LogP contribution < -0.4 is 5.32 Å². The van der Waals surface area contributed by atoms with Gasteiger partial charge in [-0.2, -0.15) is 18.4 Å². The minimum Gasteiger partial charge on any atom is -0.380 e. The first kappa shape index (κ1) is 14.6. The molecule has 6 heteroatoms. The number of halogens is 4. The number of benzene rings is 1. The molecular formula is C14H14F4N2. The molecule has 2 nitrogen and oxygen atoms in total. The van der Waals surface area contributed by atoms with Crippen LogP contribution in [0.4, 0.5) is 23.2 Å². The monoisotopic (exact) mass is 286 g/mol. The van der Waals surface area contributed by atoms with Crippen LogP contribution in [-0.2, 0) is 0 Å². The van der Waals surface area contributed by atoms with Crippen molar-refractivity contribution in [2.75, 3.05) is 5.32 Å². The van der Waals surface area contributed by atoms with Crippen molar-refractivity contribution < 1.29 is 17.6 Å². The quantitative estimate of drug-likeness (QED) is 0.826. The van der Waals surface area contributed by atoms with Gasteiger partial charge in [0.25, 0.3) is 0 Å². The Hall–Kier alpha value is -1.77. The maximum atomic E-state index is 13.7. The van der Waals surface area contributed by atoms with E-state index in [2.05, 4.69) is 5.32 Å². The number of hydrogen-bond donors (Lipinski definition) is 1. The van der Waals surface area contributed by atoms with Crippen LogP contribution in [-0.4, -0.2) is 12.2 Å². The molecule has 20 heavy (non-hydrogen) atoms. The SMILES string of the molecule is N#Cc1ccc(NC2CCCC(C(F)(F)F)C2)c(F)c1. The van der Waals surface area contributed by atoms with Gasteiger partial charge < -0.3 is 5.32 Å². The number of nitrogens with one attached hydrogen (secondary N) is 1. The van der Waals surface area contributed by atoms with E-state index in [0.717, 1.165) is 6.07 Å². The predicted octanol–water partition coefficient (Wildman–Crippen LogP) is 4.23. The lowest BCUT2D eigenvalue weighted by Crippen LogP contribution is -2.34. The lowest BCUT2D eigenvalue weighted by Gasteiger charge is -2.31. The van der Waals surface area contributed by atoms with E-state index in [1.54, 1.807) is 0 Å². The summed E-state index contributed by atoms with van der Waals surface area (Å²) in [6.45, 7) is 0. The van der Waals surface area contributed by atoms with Crippen LogP contribution >= 0.6 is 0 Å². The Bertz CT molecular complexity index is 519. The number of alkyl halides is 3. The van der Waals surface area contributed by atoms with Gasteiger partial charge in [-0.05, 0) is 37.5 Å². The van der Waals surface area contributed by atoms with E-state index in [1.807, 2.05) is 6.07 Å². The first-order valence-electron chi connectivity index (χ1n) is 6.43. The van der Waals surface area contributed by atoms with Crippen LogP contribution in [0.2, 0.25) is 0 Å². The Morgan fingerprint density at radius 1 is 1.25 bits per heavy atom. The number of hydrogen-bond acceptors (Lipinski definition) is 2. The average Bonchev–Trinajstić information content (AvgIpc) is 2.40. The predicted molar refractivity (Wildman–Crippen MR) is 66.5 cm³/mol. The molecule has 1 fully saturated rings. The van der Waals surface area contributed by atoms with Crippen LogP contribution in [0.5, 0.6) is 0 Å². The van der Waals surface area contributed by atoms with Crippen molar-refractivity contribution in [1.29, 1.82) is 5.26 Å². The van der Waals surface area contributed by atoms with E-state index in [1.165, 1.54) is 12.1 Å². The van der Waals surface area contributed by atoms with Crippen molar-refractivity contribution in [1.82, 2.24) is 0 Å². The molecule has 1 aliphatic carbocycles. The zero-order chi connectivity index (χ0) is 14.8. The lowest BCUT2D eigenvalue weighted by molar-refractivity contribution is -0.182. The van der Waals surface area contributed by atoms with Gasteiger partial charge in [-0.15, -0.1) is 0 Å². The topological polar surface area (TPSA) is 35.8 Å². The van der Waals surface area contributed by atoms with Gasteiger partial charge in [-0.1, -0.05) is 6.42 Å². The Morgan fingerprint density at radius 3 is 2.60 bits per heavy atom. The van der Waals surface area contributed by atoms with Crippen molar-refractivity contribution in [2.24, 2.45) is 5.92 Å². The van der Waals surface area contributed by atoms with Crippen molar-refractivity contribution in [3.05, 3.63) is 29.6 Å². The van der Waals surface area contributed by atoms with Gasteiger partial charge >= 0.3 is 6.18 Å². The Balaban J connectivity index is 2.05. The number of nitriles is 1. The van der Waals surface area contributed by atoms with Crippen LogP contribution in [0, 0.1) is 23.1 Å². The normalized spacial score (nSPS) is 23.1. The summed E-state index contributed by atoms with van der Waals surface area (Å²) in [5, 5.41) is 11.5. The third-order valence-corrected chi connectivity index (χ3v) is 3.59. The molecule has 1 saturated carbocycles. The second kappa shape index (κ2) is 5.70. The molecular weight excluding hydrogens is 272 g/mol. The highest BCUT2D eigenvalue weighted by atomic mass is 19.4. The minimum absolute atomic E-state index is 0.0387. The van der Waals surface area contributed by atoms with Crippen LogP contribution in [0.1, 0.15) is 31.2 Å². The molecule has 2 atom stereocenters. The van der Waals surface area contributed by atoms with Crippen molar-refractivity contribution in [3.63, 3.8) is 0 Å². The van der Waals surface area contributed by atoms with Gasteiger partial charge in [0.1, 0.15) is 5.82 Å². The molecule has 0 aliphatic heterocycles. The Morgan fingerprint density at radius 2 is 2.00 bits per heavy atom. The molecule has 0 bridgehead atoms. The third-order valence-electron chi connectivity index (χ3n) is 3.59. The summed E-state index contributed by atoms with van der Waals surface area (Å²) in [5.41, 5.74) is 0.335. The van der Waals surface area contributed by atoms with Gasteiger partial charge in [0, 0.05) is 6.04 Å². The van der Waals surface area contributed by atoms with Crippen LogP contribution in [0.15, 0.2) is 18.2 Å². The molecule has 108 valence electrons. The second-order valence-corrected chi connectivity index (χ2v) is 5.05. The molecule has 0 radical (unpaired) electrons. The van der Waals surface area contributed by atoms with E-state index in [4.69, 9.17) is 5.26 Å². The highest BCUT2D eigenvalue weighted by Gasteiger charge is 2.42. The standard InChI is InChI=1S/C14H14F4N2/c15-12-6-9(8-19)4-5-13(12)20-11-3-1-2-10(7-11)14(16,17)18/h4-6,10-11,20H,1-3,7H2. The largest absolute Gasteiger partial charge is 0.391 e. The molecule has 0 amide bonds. The molecule has 2 rings (SSSR count). The van der Waals surface area contributed by atoms with Gasteiger partial charge in [0.2, 0.25) is 0 Å². The maximum Gasteiger partial charge on any atom is 0.391 e. The first-order chi connectivity index (χ1) is 9.40. The van der Waals surface area contributed by atoms with E-state index in [9.17, 15) is 17.6 Å². The zero-order valence-electron chi connectivity index (χ0n) is 10.7. The number of anilines is 1. The minimum atomic E-state index is -4.19. The van der Waals surface area contributed by atoms with Crippen LogP contribution in [0.25, 0.3) is 0 Å². The van der Waals surface area contributed by atoms with E-state index >= 15 is 0 Å².